The monoisotopic (exact) mass is 376 g/mol. The van der Waals surface area contributed by atoms with Gasteiger partial charge in [0.05, 0.1) is 12.5 Å². The number of carboxylic acids is 1. The quantitative estimate of drug-likeness (QED) is 0.746. The fourth-order valence-corrected chi connectivity index (χ4v) is 1.81. The molecule has 1 aromatic carbocycles. The number of carbonyl (C=O) groups excluding carboxylic acids is 1. The van der Waals surface area contributed by atoms with Crippen LogP contribution in [0.5, 0.6) is 0 Å². The molecule has 0 spiro atoms. The normalized spacial score (nSPS) is 12.2. The Morgan fingerprint density at radius 1 is 1.37 bits per heavy atom. The van der Waals surface area contributed by atoms with Crippen molar-refractivity contribution in [2.45, 2.75) is 19.4 Å². The summed E-state index contributed by atoms with van der Waals surface area (Å²) in [4.78, 5) is 24.2. The second kappa shape index (κ2) is 7.44. The van der Waals surface area contributed by atoms with E-state index in [-0.39, 0.29) is 18.4 Å². The summed E-state index contributed by atoms with van der Waals surface area (Å²) in [7, 11) is 1.74. The summed E-state index contributed by atoms with van der Waals surface area (Å²) in [6.45, 7) is 2.10. The summed E-state index contributed by atoms with van der Waals surface area (Å²) in [5, 5.41) is 11.4. The van der Waals surface area contributed by atoms with E-state index >= 15 is 0 Å². The zero-order valence-corrected chi connectivity index (χ0v) is 13.0. The maximum Gasteiger partial charge on any atom is 0.304 e. The molecule has 19 heavy (non-hydrogen) atoms. The lowest BCUT2D eigenvalue weighted by atomic mass is 10.2. The van der Waals surface area contributed by atoms with Crippen LogP contribution in [0.15, 0.2) is 24.3 Å². The molecule has 1 unspecified atom stereocenters. The zero-order valence-electron chi connectivity index (χ0n) is 10.9. The lowest BCUT2D eigenvalue weighted by molar-refractivity contribution is -0.137. The minimum atomic E-state index is -0.864. The van der Waals surface area contributed by atoms with Gasteiger partial charge in [-0.15, -0.1) is 0 Å². The Balaban J connectivity index is 2.52. The maximum atomic E-state index is 12.0. The Hall–Kier alpha value is -1.15. The van der Waals surface area contributed by atoms with Crippen molar-refractivity contribution in [3.63, 3.8) is 0 Å². The molecule has 0 aliphatic rings. The lowest BCUT2D eigenvalue weighted by Crippen LogP contribution is -2.40. The molecule has 5 nitrogen and oxygen atoms in total. The van der Waals surface area contributed by atoms with Crippen LogP contribution in [0.1, 0.15) is 13.3 Å². The van der Waals surface area contributed by atoms with Crippen LogP contribution in [0.2, 0.25) is 0 Å². The number of aliphatic carboxylic acids is 1. The highest BCUT2D eigenvalue weighted by Gasteiger charge is 2.18. The highest BCUT2D eigenvalue weighted by molar-refractivity contribution is 14.1. The molecule has 1 rings (SSSR count). The predicted octanol–water partition coefficient (Wildman–Crippen LogP) is 2.02. The van der Waals surface area contributed by atoms with Crippen LogP contribution in [-0.2, 0) is 9.59 Å². The van der Waals surface area contributed by atoms with Crippen molar-refractivity contribution in [3.8, 4) is 0 Å². The third kappa shape index (κ3) is 5.56. The number of likely N-dealkylation sites (N-methyl/N-ethyl adjacent to an activating group) is 1. The smallest absolute Gasteiger partial charge is 0.304 e. The molecule has 1 atom stereocenters. The summed E-state index contributed by atoms with van der Waals surface area (Å²) in [5.74, 6) is -1.01. The second-order valence-corrected chi connectivity index (χ2v) is 5.54. The van der Waals surface area contributed by atoms with Gasteiger partial charge in [0.2, 0.25) is 5.91 Å². The number of rotatable bonds is 6. The molecule has 1 amide bonds. The van der Waals surface area contributed by atoms with E-state index in [1.54, 1.807) is 18.9 Å². The number of hydrogen-bond acceptors (Lipinski definition) is 3. The third-order valence-corrected chi connectivity index (χ3v) is 3.55. The SMILES string of the molecule is CC(C(=O)Nc1ccc(I)cc1)N(C)CCC(=O)O. The molecule has 0 bridgehead atoms. The van der Waals surface area contributed by atoms with Crippen molar-refractivity contribution in [1.29, 1.82) is 0 Å². The van der Waals surface area contributed by atoms with Gasteiger partial charge in [-0.1, -0.05) is 0 Å². The van der Waals surface area contributed by atoms with Crippen molar-refractivity contribution in [3.05, 3.63) is 27.8 Å². The summed E-state index contributed by atoms with van der Waals surface area (Å²) >= 11 is 2.19. The van der Waals surface area contributed by atoms with Gasteiger partial charge in [0.1, 0.15) is 0 Å². The Morgan fingerprint density at radius 2 is 1.95 bits per heavy atom. The van der Waals surface area contributed by atoms with Crippen LogP contribution in [-0.4, -0.2) is 41.5 Å². The van der Waals surface area contributed by atoms with Gasteiger partial charge in [0.25, 0.3) is 0 Å². The number of nitrogens with zero attached hydrogens (tertiary/aromatic N) is 1. The molecule has 0 aromatic heterocycles. The highest BCUT2D eigenvalue weighted by Crippen LogP contribution is 2.12. The number of halogens is 1. The van der Waals surface area contributed by atoms with Crippen LogP contribution >= 0.6 is 22.6 Å². The van der Waals surface area contributed by atoms with Crippen LogP contribution < -0.4 is 5.32 Å². The number of amides is 1. The van der Waals surface area contributed by atoms with E-state index in [9.17, 15) is 9.59 Å². The Labute approximate surface area is 126 Å². The molecule has 1 aromatic rings. The van der Waals surface area contributed by atoms with E-state index < -0.39 is 5.97 Å². The van der Waals surface area contributed by atoms with E-state index in [0.29, 0.717) is 6.54 Å². The minimum Gasteiger partial charge on any atom is -0.481 e. The summed E-state index contributed by atoms with van der Waals surface area (Å²) in [6.07, 6.45) is 0.0254. The van der Waals surface area contributed by atoms with E-state index in [1.807, 2.05) is 24.3 Å². The van der Waals surface area contributed by atoms with E-state index in [4.69, 9.17) is 5.11 Å². The largest absolute Gasteiger partial charge is 0.481 e. The van der Waals surface area contributed by atoms with Gasteiger partial charge >= 0.3 is 5.97 Å². The summed E-state index contributed by atoms with van der Waals surface area (Å²) < 4.78 is 1.10. The van der Waals surface area contributed by atoms with Crippen LogP contribution in [0.4, 0.5) is 5.69 Å². The number of hydrogen-bond donors (Lipinski definition) is 2. The van der Waals surface area contributed by atoms with Crippen LogP contribution in [0, 0.1) is 3.57 Å². The number of benzene rings is 1. The standard InChI is InChI=1S/C13H17IN2O3/c1-9(16(2)8-7-12(17)18)13(19)15-11-5-3-10(14)4-6-11/h3-6,9H,7-8H2,1-2H3,(H,15,19)(H,17,18). The predicted molar refractivity (Wildman–Crippen MR) is 82.1 cm³/mol. The second-order valence-electron chi connectivity index (χ2n) is 4.30. The van der Waals surface area contributed by atoms with E-state index in [0.717, 1.165) is 9.26 Å². The first-order valence-electron chi connectivity index (χ1n) is 5.88. The topological polar surface area (TPSA) is 69.6 Å². The molecule has 0 aliphatic heterocycles. The number of carbonyl (C=O) groups is 2. The number of nitrogens with one attached hydrogen (secondary N) is 1. The first-order valence-corrected chi connectivity index (χ1v) is 6.96. The molecule has 0 aliphatic carbocycles. The molecule has 0 radical (unpaired) electrons. The van der Waals surface area contributed by atoms with Gasteiger partial charge in [0, 0.05) is 15.8 Å². The summed E-state index contributed by atoms with van der Waals surface area (Å²) in [5.41, 5.74) is 0.740. The minimum absolute atomic E-state index is 0.0254. The molecule has 6 heteroatoms. The van der Waals surface area contributed by atoms with Crippen molar-refractivity contribution in [2.24, 2.45) is 0 Å². The molecule has 2 N–H and O–H groups in total. The van der Waals surface area contributed by atoms with Gasteiger partial charge in [-0.05, 0) is 60.8 Å². The van der Waals surface area contributed by atoms with Crippen LogP contribution in [0.25, 0.3) is 0 Å². The van der Waals surface area contributed by atoms with E-state index in [2.05, 4.69) is 27.9 Å². The van der Waals surface area contributed by atoms with Gasteiger partial charge in [-0.3, -0.25) is 14.5 Å². The van der Waals surface area contributed by atoms with Crippen molar-refractivity contribution >= 4 is 40.2 Å². The molecule has 0 heterocycles. The van der Waals surface area contributed by atoms with Gasteiger partial charge in [-0.25, -0.2) is 0 Å². The van der Waals surface area contributed by atoms with Crippen molar-refractivity contribution in [1.82, 2.24) is 4.90 Å². The first-order chi connectivity index (χ1) is 8.90. The lowest BCUT2D eigenvalue weighted by Gasteiger charge is -2.23. The highest BCUT2D eigenvalue weighted by atomic mass is 127. The molecule has 0 saturated heterocycles. The maximum absolute atomic E-state index is 12.0. The van der Waals surface area contributed by atoms with Gasteiger partial charge in [-0.2, -0.15) is 0 Å². The molecular weight excluding hydrogens is 359 g/mol. The van der Waals surface area contributed by atoms with Gasteiger partial charge < -0.3 is 10.4 Å². The number of anilines is 1. The molecule has 0 saturated carbocycles. The van der Waals surface area contributed by atoms with Gasteiger partial charge in [0.15, 0.2) is 0 Å². The fraction of sp³-hybridized carbons (Fsp3) is 0.385. The Morgan fingerprint density at radius 3 is 2.47 bits per heavy atom. The summed E-state index contributed by atoms with van der Waals surface area (Å²) in [6, 6.07) is 7.12. The van der Waals surface area contributed by atoms with Crippen molar-refractivity contribution in [2.75, 3.05) is 18.9 Å². The van der Waals surface area contributed by atoms with Crippen LogP contribution in [0.3, 0.4) is 0 Å². The van der Waals surface area contributed by atoms with E-state index in [1.165, 1.54) is 0 Å². The number of carboxylic acid groups (broad SMARTS) is 1. The molecule has 104 valence electrons. The fourth-order valence-electron chi connectivity index (χ4n) is 1.45. The van der Waals surface area contributed by atoms with Crippen molar-refractivity contribution < 1.29 is 14.7 Å². The Bertz CT molecular complexity index is 448. The zero-order chi connectivity index (χ0) is 14.4. The molecular formula is C13H17IN2O3. The third-order valence-electron chi connectivity index (χ3n) is 2.83. The average Bonchev–Trinajstić information content (AvgIpc) is 2.37. The Kier molecular flexibility index (Phi) is 6.23. The first kappa shape index (κ1) is 15.9. The molecule has 0 fully saturated rings. The average molecular weight is 376 g/mol.